The molecular weight excluding hydrogens is 328 g/mol. The molecule has 1 aliphatic rings. The first-order valence-corrected chi connectivity index (χ1v) is 9.51. The van der Waals surface area contributed by atoms with E-state index in [-0.39, 0.29) is 11.9 Å². The number of aliphatic imine (C=N–C) groups is 1. The van der Waals surface area contributed by atoms with Gasteiger partial charge in [-0.25, -0.2) is 4.99 Å². The minimum Gasteiger partial charge on any atom is -0.466 e. The molecule has 1 aromatic carbocycles. The van der Waals surface area contributed by atoms with Crippen LogP contribution in [0.3, 0.4) is 0 Å². The summed E-state index contributed by atoms with van der Waals surface area (Å²) in [5, 5.41) is 3.36. The topological polar surface area (TPSA) is 57.2 Å². The monoisotopic (exact) mass is 360 g/mol. The predicted molar refractivity (Wildman–Crippen MR) is 107 cm³/mol. The van der Waals surface area contributed by atoms with Crippen LogP contribution in [0, 0.1) is 5.92 Å². The van der Waals surface area contributed by atoms with Crippen LogP contribution >= 0.6 is 0 Å². The Morgan fingerprint density at radius 1 is 1.31 bits per heavy atom. The smallest absolute Gasteiger partial charge is 0.310 e. The van der Waals surface area contributed by atoms with Crippen molar-refractivity contribution in [2.24, 2.45) is 10.9 Å². The van der Waals surface area contributed by atoms with Crippen LogP contribution in [-0.4, -0.2) is 57.2 Å². The van der Waals surface area contributed by atoms with Gasteiger partial charge in [0.25, 0.3) is 0 Å². The molecule has 0 amide bonds. The van der Waals surface area contributed by atoms with E-state index < -0.39 is 0 Å². The summed E-state index contributed by atoms with van der Waals surface area (Å²) in [6, 6.07) is 8.44. The highest BCUT2D eigenvalue weighted by Crippen LogP contribution is 2.18. The first-order chi connectivity index (χ1) is 12.5. The van der Waals surface area contributed by atoms with Crippen LogP contribution in [-0.2, 0) is 16.1 Å². The molecule has 2 rings (SSSR count). The lowest BCUT2D eigenvalue weighted by Crippen LogP contribution is -2.48. The molecule has 144 valence electrons. The van der Waals surface area contributed by atoms with E-state index in [4.69, 9.17) is 9.73 Å². The number of benzene rings is 1. The normalized spacial score (nSPS) is 17.8. The largest absolute Gasteiger partial charge is 0.466 e. The number of hydrogen-bond acceptors (Lipinski definition) is 4. The summed E-state index contributed by atoms with van der Waals surface area (Å²) in [6.07, 6.45) is 1.87. The highest BCUT2D eigenvalue weighted by atomic mass is 16.5. The molecular formula is C20H32N4O2. The van der Waals surface area contributed by atoms with Gasteiger partial charge in [0.2, 0.25) is 0 Å². The summed E-state index contributed by atoms with van der Waals surface area (Å²) in [7, 11) is 4.07. The predicted octanol–water partition coefficient (Wildman–Crippen LogP) is 2.49. The van der Waals surface area contributed by atoms with Crippen LogP contribution in [0.5, 0.6) is 0 Å². The van der Waals surface area contributed by atoms with Crippen LogP contribution in [0.2, 0.25) is 0 Å². The van der Waals surface area contributed by atoms with E-state index in [1.165, 1.54) is 11.3 Å². The number of ether oxygens (including phenoxy) is 1. The van der Waals surface area contributed by atoms with Gasteiger partial charge in [-0.2, -0.15) is 0 Å². The van der Waals surface area contributed by atoms with E-state index >= 15 is 0 Å². The van der Waals surface area contributed by atoms with Gasteiger partial charge in [-0.1, -0.05) is 12.1 Å². The molecule has 1 atom stereocenters. The van der Waals surface area contributed by atoms with Crippen LogP contribution in [0.15, 0.2) is 29.3 Å². The Labute approximate surface area is 157 Å². The van der Waals surface area contributed by atoms with Crippen molar-refractivity contribution < 1.29 is 9.53 Å². The van der Waals surface area contributed by atoms with Crippen LogP contribution in [0.25, 0.3) is 0 Å². The quantitative estimate of drug-likeness (QED) is 0.480. The third-order valence-corrected chi connectivity index (χ3v) is 4.54. The molecule has 26 heavy (non-hydrogen) atoms. The minimum absolute atomic E-state index is 0.0630. The third-order valence-electron chi connectivity index (χ3n) is 4.54. The van der Waals surface area contributed by atoms with Gasteiger partial charge in [0.15, 0.2) is 5.96 Å². The molecule has 6 heteroatoms. The SMILES string of the molecule is CCNC(=NCc1ccc(N(C)C)cc1)N1CCCC(C(=O)OCC)C1. The number of anilines is 1. The summed E-state index contributed by atoms with van der Waals surface area (Å²) in [5.74, 6) is 0.720. The molecule has 1 heterocycles. The Morgan fingerprint density at radius 2 is 2.04 bits per heavy atom. The molecule has 1 N–H and O–H groups in total. The van der Waals surface area contributed by atoms with Gasteiger partial charge >= 0.3 is 5.97 Å². The fourth-order valence-corrected chi connectivity index (χ4v) is 3.11. The number of carbonyl (C=O) groups excluding carboxylic acids is 1. The van der Waals surface area contributed by atoms with E-state index in [0.717, 1.165) is 31.9 Å². The first kappa shape index (κ1) is 20.1. The van der Waals surface area contributed by atoms with E-state index in [0.29, 0.717) is 19.7 Å². The number of rotatable bonds is 6. The zero-order valence-electron chi connectivity index (χ0n) is 16.5. The van der Waals surface area contributed by atoms with E-state index in [1.807, 2.05) is 21.0 Å². The van der Waals surface area contributed by atoms with Gasteiger partial charge in [-0.05, 0) is 44.4 Å². The number of nitrogens with zero attached hydrogens (tertiary/aromatic N) is 3. The van der Waals surface area contributed by atoms with E-state index in [1.54, 1.807) is 0 Å². The summed E-state index contributed by atoms with van der Waals surface area (Å²) in [4.78, 5) is 21.1. The average molecular weight is 361 g/mol. The number of hydrogen-bond donors (Lipinski definition) is 1. The van der Waals surface area contributed by atoms with Crippen molar-refractivity contribution in [1.29, 1.82) is 0 Å². The Balaban J connectivity index is 2.04. The molecule has 0 spiro atoms. The van der Waals surface area contributed by atoms with Crippen molar-refractivity contribution in [3.63, 3.8) is 0 Å². The maximum absolute atomic E-state index is 12.1. The van der Waals surface area contributed by atoms with Crippen molar-refractivity contribution in [3.8, 4) is 0 Å². The second-order valence-corrected chi connectivity index (χ2v) is 6.77. The number of piperidine rings is 1. The van der Waals surface area contributed by atoms with Gasteiger partial charge in [-0.3, -0.25) is 4.79 Å². The zero-order chi connectivity index (χ0) is 18.9. The third kappa shape index (κ3) is 5.64. The van der Waals surface area contributed by atoms with Gasteiger partial charge < -0.3 is 19.9 Å². The summed E-state index contributed by atoms with van der Waals surface area (Å²) < 4.78 is 5.20. The fraction of sp³-hybridized carbons (Fsp3) is 0.600. The molecule has 6 nitrogen and oxygen atoms in total. The van der Waals surface area contributed by atoms with Crippen molar-refractivity contribution >= 4 is 17.6 Å². The molecule has 1 fully saturated rings. The standard InChI is InChI=1S/C20H32N4O2/c1-5-21-20(22-14-16-9-11-18(12-10-16)23(3)4)24-13-7-8-17(15-24)19(25)26-6-2/h9-12,17H,5-8,13-15H2,1-4H3,(H,21,22). The Bertz CT molecular complexity index is 598. The Hall–Kier alpha value is -2.24. The highest BCUT2D eigenvalue weighted by molar-refractivity contribution is 5.81. The van der Waals surface area contributed by atoms with Crippen molar-refractivity contribution in [2.45, 2.75) is 33.2 Å². The van der Waals surface area contributed by atoms with Gasteiger partial charge in [0.1, 0.15) is 0 Å². The highest BCUT2D eigenvalue weighted by Gasteiger charge is 2.28. The lowest BCUT2D eigenvalue weighted by atomic mass is 9.98. The summed E-state index contributed by atoms with van der Waals surface area (Å²) in [6.45, 7) is 7.37. The van der Waals surface area contributed by atoms with Crippen LogP contribution in [0.1, 0.15) is 32.3 Å². The zero-order valence-corrected chi connectivity index (χ0v) is 16.5. The lowest BCUT2D eigenvalue weighted by molar-refractivity contribution is -0.149. The molecule has 0 saturated carbocycles. The number of carbonyl (C=O) groups is 1. The van der Waals surface area contributed by atoms with Crippen LogP contribution in [0.4, 0.5) is 5.69 Å². The summed E-state index contributed by atoms with van der Waals surface area (Å²) in [5.41, 5.74) is 2.35. The molecule has 1 aliphatic heterocycles. The Kier molecular flexibility index (Phi) is 7.75. The average Bonchev–Trinajstić information content (AvgIpc) is 2.65. The van der Waals surface area contributed by atoms with Gasteiger partial charge in [0.05, 0.1) is 19.1 Å². The molecule has 0 aliphatic carbocycles. The second kappa shape index (κ2) is 10.0. The molecule has 1 saturated heterocycles. The molecule has 0 aromatic heterocycles. The molecule has 0 bridgehead atoms. The Morgan fingerprint density at radius 3 is 2.65 bits per heavy atom. The maximum Gasteiger partial charge on any atom is 0.310 e. The van der Waals surface area contributed by atoms with Crippen molar-refractivity contribution in [3.05, 3.63) is 29.8 Å². The number of nitrogens with one attached hydrogen (secondary N) is 1. The van der Waals surface area contributed by atoms with Gasteiger partial charge in [-0.15, -0.1) is 0 Å². The molecule has 1 aromatic rings. The first-order valence-electron chi connectivity index (χ1n) is 9.51. The fourth-order valence-electron chi connectivity index (χ4n) is 3.11. The van der Waals surface area contributed by atoms with Crippen molar-refractivity contribution in [1.82, 2.24) is 10.2 Å². The van der Waals surface area contributed by atoms with Crippen LogP contribution < -0.4 is 10.2 Å². The minimum atomic E-state index is -0.0904. The summed E-state index contributed by atoms with van der Waals surface area (Å²) >= 11 is 0. The maximum atomic E-state index is 12.1. The number of likely N-dealkylation sites (tertiary alicyclic amines) is 1. The van der Waals surface area contributed by atoms with Crippen molar-refractivity contribution in [2.75, 3.05) is 45.2 Å². The molecule has 0 radical (unpaired) electrons. The van der Waals surface area contributed by atoms with E-state index in [9.17, 15) is 4.79 Å². The number of guanidine groups is 1. The lowest BCUT2D eigenvalue weighted by Gasteiger charge is -2.34. The van der Waals surface area contributed by atoms with Gasteiger partial charge in [0, 0.05) is 39.4 Å². The number of esters is 1. The molecule has 1 unspecified atom stereocenters. The second-order valence-electron chi connectivity index (χ2n) is 6.77. The van der Waals surface area contributed by atoms with E-state index in [2.05, 4.69) is 46.3 Å².